The molecule has 1 saturated heterocycles. The molecule has 5 rings (SSSR count). The van der Waals surface area contributed by atoms with Crippen LogP contribution in [-0.4, -0.2) is 31.6 Å². The topological polar surface area (TPSA) is 51.0 Å². The number of carbonyl (C=O) groups is 1. The highest BCUT2D eigenvalue weighted by Gasteiger charge is 2.46. The highest BCUT2D eigenvalue weighted by molar-refractivity contribution is 7.08. The zero-order valence-electron chi connectivity index (χ0n) is 14.9. The van der Waals surface area contributed by atoms with E-state index >= 15 is 0 Å². The second-order valence-corrected chi connectivity index (χ2v) is 8.29. The molecular formula is C19H14ClF3N4OS. The number of hydrogen-bond acceptors (Lipinski definition) is 4. The lowest BCUT2D eigenvalue weighted by atomic mass is 10.1. The molecule has 2 aromatic heterocycles. The van der Waals surface area contributed by atoms with Crippen molar-refractivity contribution in [1.82, 2.24) is 19.7 Å². The number of halogens is 4. The molecule has 2 aliphatic heterocycles. The number of benzene rings is 1. The van der Waals surface area contributed by atoms with Crippen LogP contribution in [0.5, 0.6) is 0 Å². The summed E-state index contributed by atoms with van der Waals surface area (Å²) in [4.78, 5) is 14.9. The molecular weight excluding hydrogens is 425 g/mol. The standard InChI is InChI=1S/C19H14ClF3N4OS/c20-15-12(2-1-3-13(15)19(21,22)23)18(28)27-11-4-5-14(27)17-25-24-16(26(17)8-11)10-6-7-29-9-10/h1-3,6-7,9,11,14H,4-5,8H2/t11-,14-/m1/s1. The van der Waals surface area contributed by atoms with Gasteiger partial charge in [0.25, 0.3) is 5.91 Å². The highest BCUT2D eigenvalue weighted by atomic mass is 35.5. The number of rotatable bonds is 2. The molecule has 3 aromatic rings. The number of amides is 1. The number of hydrogen-bond donors (Lipinski definition) is 0. The Bertz CT molecular complexity index is 1100. The monoisotopic (exact) mass is 438 g/mol. The molecule has 0 spiro atoms. The van der Waals surface area contributed by atoms with Crippen molar-refractivity contribution >= 4 is 28.8 Å². The Morgan fingerprint density at radius 2 is 2.03 bits per heavy atom. The SMILES string of the molecule is O=C(c1cccc(C(F)(F)F)c1Cl)N1[C@@H]2CC[C@@H]1c1nnc(-c3ccsc3)n1C2. The molecule has 29 heavy (non-hydrogen) atoms. The minimum Gasteiger partial charge on any atom is -0.324 e. The molecule has 1 fully saturated rings. The average Bonchev–Trinajstić information content (AvgIpc) is 3.39. The maximum atomic E-state index is 13.2. The van der Waals surface area contributed by atoms with Crippen molar-refractivity contribution in [3.8, 4) is 11.4 Å². The average molecular weight is 439 g/mol. The van der Waals surface area contributed by atoms with E-state index in [1.807, 2.05) is 21.4 Å². The van der Waals surface area contributed by atoms with Gasteiger partial charge >= 0.3 is 6.18 Å². The van der Waals surface area contributed by atoms with Crippen molar-refractivity contribution in [2.45, 2.75) is 37.6 Å². The van der Waals surface area contributed by atoms with Gasteiger partial charge in [-0.05, 0) is 36.4 Å². The van der Waals surface area contributed by atoms with Crippen molar-refractivity contribution in [1.29, 1.82) is 0 Å². The number of aromatic nitrogens is 3. The molecule has 2 aliphatic rings. The summed E-state index contributed by atoms with van der Waals surface area (Å²) in [7, 11) is 0. The fraction of sp³-hybridized carbons (Fsp3) is 0.316. The van der Waals surface area contributed by atoms with Gasteiger partial charge < -0.3 is 9.47 Å². The van der Waals surface area contributed by atoms with Crippen LogP contribution < -0.4 is 0 Å². The molecule has 2 bridgehead atoms. The molecule has 0 unspecified atom stereocenters. The Labute approximate surface area is 172 Å². The highest BCUT2D eigenvalue weighted by Crippen LogP contribution is 2.44. The van der Waals surface area contributed by atoms with Crippen molar-refractivity contribution < 1.29 is 18.0 Å². The number of nitrogens with zero attached hydrogens (tertiary/aromatic N) is 4. The van der Waals surface area contributed by atoms with Gasteiger partial charge in [-0.2, -0.15) is 24.5 Å². The minimum atomic E-state index is -4.62. The summed E-state index contributed by atoms with van der Waals surface area (Å²) >= 11 is 7.56. The summed E-state index contributed by atoms with van der Waals surface area (Å²) in [5.74, 6) is 0.915. The maximum absolute atomic E-state index is 13.2. The minimum absolute atomic E-state index is 0.135. The lowest BCUT2D eigenvalue weighted by Gasteiger charge is -2.35. The van der Waals surface area contributed by atoms with Crippen molar-refractivity contribution in [2.24, 2.45) is 0 Å². The van der Waals surface area contributed by atoms with Gasteiger partial charge in [-0.15, -0.1) is 10.2 Å². The normalized spacial score (nSPS) is 20.8. The van der Waals surface area contributed by atoms with Crippen LogP contribution in [0.3, 0.4) is 0 Å². The third-order valence-electron chi connectivity index (χ3n) is 5.52. The van der Waals surface area contributed by atoms with Crippen molar-refractivity contribution in [3.05, 3.63) is 57.0 Å². The summed E-state index contributed by atoms with van der Waals surface area (Å²) in [5, 5.41) is 12.0. The molecule has 1 aromatic carbocycles. The van der Waals surface area contributed by atoms with E-state index < -0.39 is 22.7 Å². The van der Waals surface area contributed by atoms with Crippen LogP contribution in [0.1, 0.15) is 40.6 Å². The van der Waals surface area contributed by atoms with E-state index in [1.165, 1.54) is 12.1 Å². The summed E-state index contributed by atoms with van der Waals surface area (Å²) in [6.45, 7) is 0.506. The molecule has 0 saturated carbocycles. The number of carbonyl (C=O) groups excluding carboxylic acids is 1. The zero-order valence-corrected chi connectivity index (χ0v) is 16.4. The van der Waals surface area contributed by atoms with Gasteiger partial charge in [0.1, 0.15) is 0 Å². The molecule has 0 N–H and O–H groups in total. The van der Waals surface area contributed by atoms with Gasteiger partial charge in [-0.1, -0.05) is 17.7 Å². The quantitative estimate of drug-likeness (QED) is 0.563. The molecule has 0 radical (unpaired) electrons. The van der Waals surface area contributed by atoms with E-state index in [-0.39, 0.29) is 17.6 Å². The molecule has 150 valence electrons. The first-order chi connectivity index (χ1) is 13.9. The largest absolute Gasteiger partial charge is 0.417 e. The number of fused-ring (bicyclic) bond motifs is 4. The third kappa shape index (κ3) is 2.86. The predicted octanol–water partition coefficient (Wildman–Crippen LogP) is 5.04. The van der Waals surface area contributed by atoms with E-state index in [4.69, 9.17) is 11.6 Å². The first kappa shape index (κ1) is 18.6. The second kappa shape index (κ2) is 6.56. The molecule has 10 heteroatoms. The molecule has 0 aliphatic carbocycles. The van der Waals surface area contributed by atoms with E-state index in [0.717, 1.165) is 23.9 Å². The summed E-state index contributed by atoms with van der Waals surface area (Å²) in [5.41, 5.74) is -0.171. The summed E-state index contributed by atoms with van der Waals surface area (Å²) in [6, 6.07) is 4.93. The fourth-order valence-corrected chi connectivity index (χ4v) is 5.18. The van der Waals surface area contributed by atoms with Gasteiger partial charge in [-0.25, -0.2) is 0 Å². The Kier molecular flexibility index (Phi) is 4.22. The molecule has 5 nitrogen and oxygen atoms in total. The Balaban J connectivity index is 1.53. The van der Waals surface area contributed by atoms with Crippen LogP contribution >= 0.6 is 22.9 Å². The Hall–Kier alpha value is -2.39. The van der Waals surface area contributed by atoms with Crippen LogP contribution in [0, 0.1) is 0 Å². The van der Waals surface area contributed by atoms with Crippen LogP contribution in [0.2, 0.25) is 5.02 Å². The van der Waals surface area contributed by atoms with Gasteiger partial charge in [0, 0.05) is 17.5 Å². The van der Waals surface area contributed by atoms with E-state index in [0.29, 0.717) is 18.8 Å². The van der Waals surface area contributed by atoms with Crippen LogP contribution in [0.4, 0.5) is 13.2 Å². The van der Waals surface area contributed by atoms with Crippen molar-refractivity contribution in [3.63, 3.8) is 0 Å². The van der Waals surface area contributed by atoms with Gasteiger partial charge in [0.2, 0.25) is 0 Å². The van der Waals surface area contributed by atoms with E-state index in [2.05, 4.69) is 10.2 Å². The van der Waals surface area contributed by atoms with Gasteiger partial charge in [0.15, 0.2) is 11.6 Å². The fourth-order valence-electron chi connectivity index (χ4n) is 4.24. The van der Waals surface area contributed by atoms with Crippen LogP contribution in [0.25, 0.3) is 11.4 Å². The van der Waals surface area contributed by atoms with Crippen LogP contribution in [0.15, 0.2) is 35.0 Å². The van der Waals surface area contributed by atoms with Gasteiger partial charge in [-0.3, -0.25) is 4.79 Å². The lowest BCUT2D eigenvalue weighted by Crippen LogP contribution is -2.44. The van der Waals surface area contributed by atoms with Crippen molar-refractivity contribution in [2.75, 3.05) is 0 Å². The van der Waals surface area contributed by atoms with Gasteiger partial charge in [0.05, 0.1) is 28.2 Å². The smallest absolute Gasteiger partial charge is 0.324 e. The summed E-state index contributed by atoms with van der Waals surface area (Å²) < 4.78 is 41.6. The zero-order chi connectivity index (χ0) is 20.3. The van der Waals surface area contributed by atoms with Crippen LogP contribution in [-0.2, 0) is 12.7 Å². The lowest BCUT2D eigenvalue weighted by molar-refractivity contribution is -0.137. The molecule has 2 atom stereocenters. The first-order valence-corrected chi connectivity index (χ1v) is 10.3. The molecule has 1 amide bonds. The summed E-state index contributed by atoms with van der Waals surface area (Å²) in [6.07, 6.45) is -3.18. The van der Waals surface area contributed by atoms with E-state index in [1.54, 1.807) is 16.2 Å². The maximum Gasteiger partial charge on any atom is 0.417 e. The molecule has 4 heterocycles. The third-order valence-corrected chi connectivity index (χ3v) is 6.61. The van der Waals surface area contributed by atoms with E-state index in [9.17, 15) is 18.0 Å². The number of alkyl halides is 3. The Morgan fingerprint density at radius 1 is 1.21 bits per heavy atom. The first-order valence-electron chi connectivity index (χ1n) is 9.00. The second-order valence-electron chi connectivity index (χ2n) is 7.13. The number of thiophene rings is 1. The predicted molar refractivity (Wildman–Crippen MR) is 102 cm³/mol. The Morgan fingerprint density at radius 3 is 2.76 bits per heavy atom.